The zero-order valence-corrected chi connectivity index (χ0v) is 5.95. The van der Waals surface area contributed by atoms with E-state index in [0.29, 0.717) is 16.2 Å². The Hall–Kier alpha value is 1.26. The van der Waals surface area contributed by atoms with Crippen molar-refractivity contribution in [1.82, 2.24) is 0 Å². The first-order valence-electron chi connectivity index (χ1n) is 0.289. The van der Waals surface area contributed by atoms with Gasteiger partial charge in [-0.25, -0.2) is 0 Å². The average Bonchev–Trinajstić information content (AvgIpc) is 1.00. The van der Waals surface area contributed by atoms with E-state index in [2.05, 4.69) is 0 Å². The molecule has 0 aromatic heterocycles. The summed E-state index contributed by atoms with van der Waals surface area (Å²) in [5.74, 6) is 0. The van der Waals surface area contributed by atoms with Gasteiger partial charge in [-0.05, 0) is 0 Å². The van der Waals surface area contributed by atoms with Crippen LogP contribution in [0, 0.1) is 0 Å². The van der Waals surface area contributed by atoms with Gasteiger partial charge in [0.25, 0.3) is 0 Å². The van der Waals surface area contributed by atoms with E-state index in [-0.39, 0.29) is 26.4 Å². The molecule has 4 heteroatoms. The average molecular weight is 137 g/mol. The predicted octanol–water partition coefficient (Wildman–Crippen LogP) is -0.712. The van der Waals surface area contributed by atoms with E-state index < -0.39 is 0 Å². The summed E-state index contributed by atoms with van der Waals surface area (Å²) in [7, 11) is 0. The van der Waals surface area contributed by atoms with Crippen LogP contribution in [0.25, 0.3) is 0 Å². The van der Waals surface area contributed by atoms with E-state index in [0.717, 1.165) is 0 Å². The summed E-state index contributed by atoms with van der Waals surface area (Å²) < 4.78 is 8.28. The Morgan fingerprint density at radius 3 is 1.25 bits per heavy atom. The summed E-state index contributed by atoms with van der Waals surface area (Å²) >= 11 is 0.611. The van der Waals surface area contributed by atoms with Crippen LogP contribution in [-0.2, 0) is 20.3 Å². The summed E-state index contributed by atoms with van der Waals surface area (Å²) in [4.78, 5) is 0. The van der Waals surface area contributed by atoms with Crippen LogP contribution in [0.15, 0.2) is 0 Å². The molecule has 0 saturated heterocycles. The minimum absolute atomic E-state index is 0. The topological polar surface area (TPSA) is 17.1 Å². The Morgan fingerprint density at radius 2 is 1.25 bits per heavy atom. The standard InChI is InChI=1S/Al.Ni.O.H3P.H/h;;;1H3;. The van der Waals surface area contributed by atoms with Gasteiger partial charge < -0.3 is 0 Å². The zero-order valence-electron chi connectivity index (χ0n) is 2.14. The van der Waals surface area contributed by atoms with E-state index in [1.165, 1.54) is 0 Å². The summed E-state index contributed by atoms with van der Waals surface area (Å²) in [6.07, 6.45) is 0. The van der Waals surface area contributed by atoms with Crippen molar-refractivity contribution < 1.29 is 20.3 Å². The van der Waals surface area contributed by atoms with Crippen LogP contribution in [0.2, 0.25) is 0 Å². The van der Waals surface area contributed by atoms with Crippen molar-refractivity contribution in [1.29, 1.82) is 0 Å². The van der Waals surface area contributed by atoms with Crippen molar-refractivity contribution in [2.45, 2.75) is 0 Å². The predicted molar refractivity (Wildman–Crippen MR) is 18.9 cm³/mol. The van der Waals surface area contributed by atoms with Gasteiger partial charge in [-0.2, -0.15) is 9.90 Å². The second-order valence-electron chi connectivity index (χ2n) is 0. The SMILES string of the molecule is P.[Ni].[O]=[AlH]. The van der Waals surface area contributed by atoms with Crippen LogP contribution in [-0.4, -0.2) is 16.2 Å². The molecule has 4 heavy (non-hydrogen) atoms. The molecule has 0 fully saturated rings. The first-order chi connectivity index (χ1) is 1.00. The first kappa shape index (κ1) is 18.7. The van der Waals surface area contributed by atoms with Crippen molar-refractivity contribution in [3.05, 3.63) is 0 Å². The molecule has 0 aliphatic heterocycles. The molecule has 0 amide bonds. The Labute approximate surface area is 46.7 Å². The molecule has 0 radical (unpaired) electrons. The Morgan fingerprint density at radius 1 is 1.25 bits per heavy atom. The summed E-state index contributed by atoms with van der Waals surface area (Å²) in [6.45, 7) is 0. The maximum absolute atomic E-state index is 8.28. The maximum atomic E-state index is 8.28. The van der Waals surface area contributed by atoms with Gasteiger partial charge in [0.1, 0.15) is 0 Å². The van der Waals surface area contributed by atoms with Crippen LogP contribution in [0.4, 0.5) is 0 Å². The van der Waals surface area contributed by atoms with Crippen molar-refractivity contribution in [3.63, 3.8) is 0 Å². The van der Waals surface area contributed by atoms with E-state index in [1.807, 2.05) is 0 Å². The van der Waals surface area contributed by atoms with E-state index in [1.54, 1.807) is 0 Å². The molecule has 1 unspecified atom stereocenters. The van der Waals surface area contributed by atoms with Crippen LogP contribution in [0.1, 0.15) is 0 Å². The molecule has 28 valence electrons. The first-order valence-corrected chi connectivity index (χ1v) is 0.866. The third kappa shape index (κ3) is 10.5. The van der Waals surface area contributed by atoms with Gasteiger partial charge in [-0.15, -0.1) is 0 Å². The molecule has 0 aliphatic carbocycles. The summed E-state index contributed by atoms with van der Waals surface area (Å²) in [6, 6.07) is 0. The quantitative estimate of drug-likeness (QED) is 0.318. The van der Waals surface area contributed by atoms with E-state index in [9.17, 15) is 0 Å². The molecular formula is H4AlNiOP. The van der Waals surface area contributed by atoms with Gasteiger partial charge in [0.15, 0.2) is 0 Å². The third-order valence-electron chi connectivity index (χ3n) is 0. The fourth-order valence-corrected chi connectivity index (χ4v) is 0. The molecule has 0 aromatic carbocycles. The number of rotatable bonds is 0. The second kappa shape index (κ2) is 28.6. The minimum atomic E-state index is 0. The molecule has 0 aliphatic rings. The molecule has 0 rings (SSSR count). The van der Waals surface area contributed by atoms with Gasteiger partial charge in [-0.3, -0.25) is 0 Å². The van der Waals surface area contributed by atoms with Crippen LogP contribution >= 0.6 is 9.90 Å². The Kier molecular flexibility index (Phi) is 134. The molecule has 1 nitrogen and oxygen atoms in total. The second-order valence-corrected chi connectivity index (χ2v) is 0. The van der Waals surface area contributed by atoms with Gasteiger partial charge in [0.05, 0.1) is 0 Å². The molecule has 0 aromatic rings. The van der Waals surface area contributed by atoms with Gasteiger partial charge in [0.2, 0.25) is 0 Å². The molecular weight excluding hydrogens is 133 g/mol. The van der Waals surface area contributed by atoms with Crippen molar-refractivity contribution >= 4 is 26.1 Å². The normalized spacial score (nSPS) is 0.750. The number of hydrogen-bond donors (Lipinski definition) is 0. The summed E-state index contributed by atoms with van der Waals surface area (Å²) in [5, 5.41) is 0. The zero-order chi connectivity index (χ0) is 2.00. The molecule has 0 bridgehead atoms. The molecule has 0 saturated carbocycles. The van der Waals surface area contributed by atoms with Crippen molar-refractivity contribution in [2.75, 3.05) is 0 Å². The summed E-state index contributed by atoms with van der Waals surface area (Å²) in [5.41, 5.74) is 0. The molecule has 0 spiro atoms. The number of hydrogen-bond acceptors (Lipinski definition) is 1. The van der Waals surface area contributed by atoms with Crippen molar-refractivity contribution in [2.24, 2.45) is 0 Å². The fourth-order valence-electron chi connectivity index (χ4n) is 0. The third-order valence-corrected chi connectivity index (χ3v) is 0. The fraction of sp³-hybridized carbons (Fsp3) is 0. The van der Waals surface area contributed by atoms with Gasteiger partial charge >= 0.3 is 20.0 Å². The van der Waals surface area contributed by atoms with Gasteiger partial charge in [-0.1, -0.05) is 0 Å². The van der Waals surface area contributed by atoms with Crippen molar-refractivity contribution in [3.8, 4) is 0 Å². The Bertz CT molecular complexity index is 8.00. The van der Waals surface area contributed by atoms with Crippen LogP contribution < -0.4 is 0 Å². The Balaban J connectivity index is -0.00000000500. The van der Waals surface area contributed by atoms with E-state index in [4.69, 9.17) is 3.80 Å². The van der Waals surface area contributed by atoms with Crippen LogP contribution in [0.5, 0.6) is 0 Å². The molecule has 1 atom stereocenters. The van der Waals surface area contributed by atoms with Crippen LogP contribution in [0.3, 0.4) is 0 Å². The van der Waals surface area contributed by atoms with E-state index >= 15 is 0 Å². The monoisotopic (exact) mass is 136 g/mol. The van der Waals surface area contributed by atoms with Gasteiger partial charge in [0, 0.05) is 16.5 Å². The molecule has 0 N–H and O–H groups in total. The molecule has 0 heterocycles.